The highest BCUT2D eigenvalue weighted by Crippen LogP contribution is 2.16. The van der Waals surface area contributed by atoms with Gasteiger partial charge in [0.25, 0.3) is 5.91 Å². The van der Waals surface area contributed by atoms with Gasteiger partial charge in [0.15, 0.2) is 0 Å². The van der Waals surface area contributed by atoms with Gasteiger partial charge in [-0.05, 0) is 43.0 Å². The van der Waals surface area contributed by atoms with Crippen molar-refractivity contribution >= 4 is 15.9 Å². The number of nitrogens with zero attached hydrogens (tertiary/aromatic N) is 1. The molecule has 6 heteroatoms. The molecule has 1 aliphatic rings. The first-order chi connectivity index (χ1) is 13.1. The molecule has 5 nitrogen and oxygen atoms in total. The third-order valence-corrected chi connectivity index (χ3v) is 6.29. The maximum atomic E-state index is 12.7. The molecule has 1 amide bonds. The molecule has 1 saturated heterocycles. The molecule has 144 valence electrons. The number of benzene rings is 2. The van der Waals surface area contributed by atoms with E-state index in [1.165, 1.54) is 12.1 Å². The van der Waals surface area contributed by atoms with Crippen LogP contribution < -0.4 is 4.72 Å². The Morgan fingerprint density at radius 1 is 0.926 bits per heavy atom. The summed E-state index contributed by atoms with van der Waals surface area (Å²) in [6.07, 6.45) is 4.91. The zero-order valence-corrected chi connectivity index (χ0v) is 16.2. The fraction of sp³-hybridized carbons (Fsp3) is 0.381. The van der Waals surface area contributed by atoms with Crippen LogP contribution in [0.4, 0.5) is 0 Å². The Morgan fingerprint density at radius 3 is 2.33 bits per heavy atom. The summed E-state index contributed by atoms with van der Waals surface area (Å²) in [6.45, 7) is 1.80. The number of carbonyl (C=O) groups is 1. The molecule has 0 unspecified atom stereocenters. The predicted octanol–water partition coefficient (Wildman–Crippen LogP) is 3.22. The van der Waals surface area contributed by atoms with E-state index in [9.17, 15) is 13.2 Å². The maximum absolute atomic E-state index is 12.7. The normalized spacial score (nSPS) is 15.3. The first-order valence-corrected chi connectivity index (χ1v) is 11.0. The van der Waals surface area contributed by atoms with Gasteiger partial charge in [-0.25, -0.2) is 13.1 Å². The van der Waals surface area contributed by atoms with Crippen LogP contribution in [0.5, 0.6) is 0 Å². The maximum Gasteiger partial charge on any atom is 0.253 e. The van der Waals surface area contributed by atoms with Crippen LogP contribution in [-0.4, -0.2) is 38.9 Å². The third-order valence-electron chi connectivity index (χ3n) is 4.83. The van der Waals surface area contributed by atoms with Gasteiger partial charge in [-0.3, -0.25) is 4.79 Å². The molecule has 2 aromatic rings. The number of hydrogen-bond acceptors (Lipinski definition) is 3. The van der Waals surface area contributed by atoms with Crippen molar-refractivity contribution in [2.24, 2.45) is 0 Å². The van der Waals surface area contributed by atoms with Gasteiger partial charge in [0.2, 0.25) is 10.0 Å². The second kappa shape index (κ2) is 9.15. The van der Waals surface area contributed by atoms with Gasteiger partial charge in [-0.2, -0.15) is 0 Å². The summed E-state index contributed by atoms with van der Waals surface area (Å²) in [6, 6.07) is 16.1. The third kappa shape index (κ3) is 5.40. The van der Waals surface area contributed by atoms with Crippen molar-refractivity contribution < 1.29 is 13.2 Å². The van der Waals surface area contributed by atoms with Crippen LogP contribution in [0.15, 0.2) is 59.5 Å². The molecule has 1 N–H and O–H groups in total. The molecular formula is C21H26N2O3S. The van der Waals surface area contributed by atoms with Gasteiger partial charge in [0.05, 0.1) is 4.90 Å². The topological polar surface area (TPSA) is 66.5 Å². The second-order valence-electron chi connectivity index (χ2n) is 6.87. The minimum absolute atomic E-state index is 0.0850. The average Bonchev–Trinajstić information content (AvgIpc) is 2.98. The number of amides is 1. The summed E-state index contributed by atoms with van der Waals surface area (Å²) in [5.41, 5.74) is 1.51. The zero-order valence-electron chi connectivity index (χ0n) is 15.4. The fourth-order valence-corrected chi connectivity index (χ4v) is 4.39. The lowest BCUT2D eigenvalue weighted by molar-refractivity contribution is 0.0761. The van der Waals surface area contributed by atoms with Crippen molar-refractivity contribution in [2.75, 3.05) is 19.6 Å². The van der Waals surface area contributed by atoms with Crippen molar-refractivity contribution in [3.05, 3.63) is 65.7 Å². The summed E-state index contributed by atoms with van der Waals surface area (Å²) in [7, 11) is -3.65. The van der Waals surface area contributed by atoms with E-state index in [0.29, 0.717) is 18.5 Å². The number of nitrogens with one attached hydrogen (secondary N) is 1. The largest absolute Gasteiger partial charge is 0.339 e. The highest BCUT2D eigenvalue weighted by molar-refractivity contribution is 7.89. The number of rotatable bonds is 6. The standard InChI is InChI=1S/C21H26N2O3S/c24-21(23-15-6-1-2-7-16-23)19-11-8-12-20(17-19)27(25,26)22-14-13-18-9-4-3-5-10-18/h3-5,8-12,17,22H,1-2,6-7,13-16H2. The lowest BCUT2D eigenvalue weighted by atomic mass is 10.2. The molecular weight excluding hydrogens is 360 g/mol. The second-order valence-corrected chi connectivity index (χ2v) is 8.63. The van der Waals surface area contributed by atoms with Gasteiger partial charge in [0.1, 0.15) is 0 Å². The van der Waals surface area contributed by atoms with E-state index in [1.807, 2.05) is 35.2 Å². The predicted molar refractivity (Wildman–Crippen MR) is 106 cm³/mol. The Balaban J connectivity index is 1.66. The van der Waals surface area contributed by atoms with Crippen molar-refractivity contribution in [3.8, 4) is 0 Å². The summed E-state index contributed by atoms with van der Waals surface area (Å²) >= 11 is 0. The van der Waals surface area contributed by atoms with Crippen LogP contribution in [0, 0.1) is 0 Å². The highest BCUT2D eigenvalue weighted by atomic mass is 32.2. The molecule has 0 radical (unpaired) electrons. The van der Waals surface area contributed by atoms with Crippen molar-refractivity contribution in [1.82, 2.24) is 9.62 Å². The molecule has 1 fully saturated rings. The van der Waals surface area contributed by atoms with E-state index >= 15 is 0 Å². The van der Waals surface area contributed by atoms with E-state index in [2.05, 4.69) is 4.72 Å². The molecule has 3 rings (SSSR count). The Bertz CT molecular complexity index is 858. The minimum Gasteiger partial charge on any atom is -0.339 e. The molecule has 0 bridgehead atoms. The summed E-state index contributed by atoms with van der Waals surface area (Å²) in [5, 5.41) is 0. The van der Waals surface area contributed by atoms with Crippen molar-refractivity contribution in [1.29, 1.82) is 0 Å². The lowest BCUT2D eigenvalue weighted by Gasteiger charge is -2.20. The zero-order chi connectivity index (χ0) is 19.1. The van der Waals surface area contributed by atoms with E-state index in [-0.39, 0.29) is 10.8 Å². The summed E-state index contributed by atoms with van der Waals surface area (Å²) in [5.74, 6) is -0.0850. The Morgan fingerprint density at radius 2 is 1.63 bits per heavy atom. The molecule has 1 aliphatic heterocycles. The molecule has 0 atom stereocenters. The molecule has 1 heterocycles. The molecule has 0 aromatic heterocycles. The smallest absolute Gasteiger partial charge is 0.253 e. The molecule has 0 saturated carbocycles. The minimum atomic E-state index is -3.65. The van der Waals surface area contributed by atoms with Crippen molar-refractivity contribution in [3.63, 3.8) is 0 Å². The van der Waals surface area contributed by atoms with Crippen LogP contribution in [0.3, 0.4) is 0 Å². The Hall–Kier alpha value is -2.18. The van der Waals surface area contributed by atoms with E-state index in [0.717, 1.165) is 44.3 Å². The monoisotopic (exact) mass is 386 g/mol. The molecule has 2 aromatic carbocycles. The van der Waals surface area contributed by atoms with Crippen LogP contribution in [0.25, 0.3) is 0 Å². The number of hydrogen-bond donors (Lipinski definition) is 1. The summed E-state index contributed by atoms with van der Waals surface area (Å²) in [4.78, 5) is 14.7. The van der Waals surface area contributed by atoms with Gasteiger partial charge < -0.3 is 4.90 Å². The highest BCUT2D eigenvalue weighted by Gasteiger charge is 2.20. The van der Waals surface area contributed by atoms with E-state index in [4.69, 9.17) is 0 Å². The van der Waals surface area contributed by atoms with Gasteiger partial charge >= 0.3 is 0 Å². The number of sulfonamides is 1. The molecule has 27 heavy (non-hydrogen) atoms. The van der Waals surface area contributed by atoms with Crippen LogP contribution in [0.1, 0.15) is 41.6 Å². The van der Waals surface area contributed by atoms with E-state index in [1.54, 1.807) is 12.1 Å². The van der Waals surface area contributed by atoms with E-state index < -0.39 is 10.0 Å². The summed E-state index contributed by atoms with van der Waals surface area (Å²) < 4.78 is 27.8. The lowest BCUT2D eigenvalue weighted by Crippen LogP contribution is -2.32. The fourth-order valence-electron chi connectivity index (χ4n) is 3.31. The Kier molecular flexibility index (Phi) is 6.63. The average molecular weight is 387 g/mol. The quantitative estimate of drug-likeness (QED) is 0.829. The van der Waals surface area contributed by atoms with Crippen LogP contribution in [0.2, 0.25) is 0 Å². The number of carbonyl (C=O) groups excluding carboxylic acids is 1. The molecule has 0 spiro atoms. The Labute approximate surface area is 161 Å². The van der Waals surface area contributed by atoms with Gasteiger partial charge in [-0.1, -0.05) is 49.2 Å². The van der Waals surface area contributed by atoms with Crippen LogP contribution in [-0.2, 0) is 16.4 Å². The molecule has 0 aliphatic carbocycles. The van der Waals surface area contributed by atoms with Crippen molar-refractivity contribution in [2.45, 2.75) is 37.0 Å². The van der Waals surface area contributed by atoms with Crippen LogP contribution >= 0.6 is 0 Å². The SMILES string of the molecule is O=C(c1cccc(S(=O)(=O)NCCc2ccccc2)c1)N1CCCCCC1. The van der Waals surface area contributed by atoms with Gasteiger partial charge in [-0.15, -0.1) is 0 Å². The van der Waals surface area contributed by atoms with Gasteiger partial charge in [0, 0.05) is 25.2 Å². The number of likely N-dealkylation sites (tertiary alicyclic amines) is 1. The first kappa shape index (κ1) is 19.6. The first-order valence-electron chi connectivity index (χ1n) is 9.49.